The average Bonchev–Trinajstić information content (AvgIpc) is 2.95. The van der Waals surface area contributed by atoms with Crippen LogP contribution in [0.15, 0.2) is 60.9 Å². The highest BCUT2D eigenvalue weighted by atomic mass is 16.5. The van der Waals surface area contributed by atoms with E-state index in [1.165, 1.54) is 5.56 Å². The summed E-state index contributed by atoms with van der Waals surface area (Å²) in [6.07, 6.45) is 3.65. The number of hydrogen-bond donors (Lipinski definition) is 0. The minimum Gasteiger partial charge on any atom is -0.496 e. The number of nitrogens with zero attached hydrogens (tertiary/aromatic N) is 2. The Labute approximate surface area is 165 Å². The molecule has 0 unspecified atom stereocenters. The molecule has 0 fully saturated rings. The third-order valence-corrected chi connectivity index (χ3v) is 4.98. The van der Waals surface area contributed by atoms with Gasteiger partial charge in [0.25, 0.3) is 0 Å². The molecule has 0 radical (unpaired) electrons. The average molecular weight is 376 g/mol. The number of benzene rings is 2. The van der Waals surface area contributed by atoms with E-state index in [-0.39, 0.29) is 0 Å². The van der Waals surface area contributed by atoms with Gasteiger partial charge in [-0.1, -0.05) is 24.3 Å². The van der Waals surface area contributed by atoms with Gasteiger partial charge in [-0.05, 0) is 29.8 Å². The predicted molar refractivity (Wildman–Crippen MR) is 109 cm³/mol. The Hall–Kier alpha value is -3.05. The fraction of sp³-hybridized carbons (Fsp3) is 0.261. The topological polar surface area (TPSA) is 43.8 Å². The number of hydrogen-bond acceptors (Lipinski definition) is 5. The monoisotopic (exact) mass is 376 g/mol. The van der Waals surface area contributed by atoms with E-state index in [2.05, 4.69) is 28.1 Å². The van der Waals surface area contributed by atoms with Crippen molar-refractivity contribution in [2.45, 2.75) is 13.1 Å². The van der Waals surface area contributed by atoms with Gasteiger partial charge in [0, 0.05) is 48.7 Å². The molecule has 3 aromatic rings. The smallest absolute Gasteiger partial charge is 0.165 e. The highest BCUT2D eigenvalue weighted by Gasteiger charge is 2.21. The van der Waals surface area contributed by atoms with Crippen molar-refractivity contribution in [2.24, 2.45) is 0 Å². The maximum Gasteiger partial charge on any atom is 0.165 e. The Morgan fingerprint density at radius 3 is 2.64 bits per heavy atom. The zero-order chi connectivity index (χ0) is 19.3. The van der Waals surface area contributed by atoms with Crippen molar-refractivity contribution < 1.29 is 14.2 Å². The SMILES string of the molecule is COc1ccccc1CN1CCOc2c(cc(-c3cccnc3)cc2OC)C1. The summed E-state index contributed by atoms with van der Waals surface area (Å²) in [5.41, 5.74) is 4.42. The van der Waals surface area contributed by atoms with Crippen LogP contribution >= 0.6 is 0 Å². The van der Waals surface area contributed by atoms with Crippen molar-refractivity contribution in [3.8, 4) is 28.4 Å². The van der Waals surface area contributed by atoms with Crippen LogP contribution in [0.3, 0.4) is 0 Å². The Morgan fingerprint density at radius 1 is 1.00 bits per heavy atom. The van der Waals surface area contributed by atoms with Crippen LogP contribution in [-0.2, 0) is 13.1 Å². The zero-order valence-corrected chi connectivity index (χ0v) is 16.2. The molecule has 0 amide bonds. The van der Waals surface area contributed by atoms with Gasteiger partial charge >= 0.3 is 0 Å². The van der Waals surface area contributed by atoms with Crippen molar-refractivity contribution in [3.63, 3.8) is 0 Å². The summed E-state index contributed by atoms with van der Waals surface area (Å²) in [7, 11) is 3.40. The first kappa shape index (κ1) is 18.3. The van der Waals surface area contributed by atoms with E-state index in [9.17, 15) is 0 Å². The van der Waals surface area contributed by atoms with Crippen LogP contribution in [0.4, 0.5) is 0 Å². The molecule has 0 bridgehead atoms. The van der Waals surface area contributed by atoms with E-state index < -0.39 is 0 Å². The first-order valence-corrected chi connectivity index (χ1v) is 9.37. The summed E-state index contributed by atoms with van der Waals surface area (Å²) >= 11 is 0. The lowest BCUT2D eigenvalue weighted by molar-refractivity contribution is 0.215. The minimum atomic E-state index is 0.616. The van der Waals surface area contributed by atoms with Crippen LogP contribution < -0.4 is 14.2 Å². The number of para-hydroxylation sites is 1. The zero-order valence-electron chi connectivity index (χ0n) is 16.2. The number of methoxy groups -OCH3 is 2. The third kappa shape index (κ3) is 3.80. The van der Waals surface area contributed by atoms with Crippen LogP contribution in [0.2, 0.25) is 0 Å². The summed E-state index contributed by atoms with van der Waals surface area (Å²) in [4.78, 5) is 6.61. The fourth-order valence-corrected chi connectivity index (χ4v) is 3.60. The Bertz CT molecular complexity index is 944. The molecule has 0 N–H and O–H groups in total. The fourth-order valence-electron chi connectivity index (χ4n) is 3.60. The maximum absolute atomic E-state index is 6.07. The Balaban J connectivity index is 1.66. The molecule has 2 aromatic carbocycles. The lowest BCUT2D eigenvalue weighted by Gasteiger charge is -2.21. The minimum absolute atomic E-state index is 0.616. The molecule has 0 spiro atoms. The van der Waals surface area contributed by atoms with Crippen molar-refractivity contribution in [1.29, 1.82) is 0 Å². The quantitative estimate of drug-likeness (QED) is 0.669. The molecule has 5 nitrogen and oxygen atoms in total. The molecule has 0 saturated carbocycles. The van der Waals surface area contributed by atoms with Gasteiger partial charge in [0.1, 0.15) is 12.4 Å². The van der Waals surface area contributed by atoms with Crippen LogP contribution in [0.25, 0.3) is 11.1 Å². The summed E-state index contributed by atoms with van der Waals surface area (Å²) in [5.74, 6) is 2.50. The lowest BCUT2D eigenvalue weighted by atomic mass is 10.0. The molecule has 1 aliphatic rings. The van der Waals surface area contributed by atoms with Gasteiger partial charge in [-0.15, -0.1) is 0 Å². The molecule has 4 rings (SSSR count). The van der Waals surface area contributed by atoms with Crippen molar-refractivity contribution in [2.75, 3.05) is 27.4 Å². The highest BCUT2D eigenvalue weighted by Crippen LogP contribution is 2.38. The predicted octanol–water partition coefficient (Wildman–Crippen LogP) is 4.16. The molecule has 28 heavy (non-hydrogen) atoms. The number of aromatic nitrogens is 1. The molecule has 0 atom stereocenters. The number of rotatable bonds is 5. The molecule has 144 valence electrons. The second kappa shape index (κ2) is 8.31. The molecular weight excluding hydrogens is 352 g/mol. The van der Waals surface area contributed by atoms with Gasteiger partial charge in [0.15, 0.2) is 11.5 Å². The van der Waals surface area contributed by atoms with Gasteiger partial charge in [-0.2, -0.15) is 0 Å². The van der Waals surface area contributed by atoms with Gasteiger partial charge in [-0.25, -0.2) is 0 Å². The van der Waals surface area contributed by atoms with E-state index in [1.54, 1.807) is 20.4 Å². The van der Waals surface area contributed by atoms with Crippen LogP contribution in [-0.4, -0.2) is 37.3 Å². The summed E-state index contributed by atoms with van der Waals surface area (Å²) in [6, 6.07) is 16.3. The normalized spacial score (nSPS) is 13.9. The molecule has 1 aliphatic heterocycles. The number of fused-ring (bicyclic) bond motifs is 1. The summed E-state index contributed by atoms with van der Waals surface area (Å²) in [5, 5.41) is 0. The Morgan fingerprint density at radius 2 is 1.86 bits per heavy atom. The largest absolute Gasteiger partial charge is 0.496 e. The molecule has 0 saturated heterocycles. The number of pyridine rings is 1. The van der Waals surface area contributed by atoms with Crippen molar-refractivity contribution >= 4 is 0 Å². The van der Waals surface area contributed by atoms with Crippen LogP contribution in [0.1, 0.15) is 11.1 Å². The second-order valence-electron chi connectivity index (χ2n) is 6.78. The third-order valence-electron chi connectivity index (χ3n) is 4.98. The van der Waals surface area contributed by atoms with E-state index in [0.717, 1.165) is 53.6 Å². The maximum atomic E-state index is 6.07. The number of ether oxygens (including phenoxy) is 3. The van der Waals surface area contributed by atoms with E-state index in [0.29, 0.717) is 6.61 Å². The first-order valence-electron chi connectivity index (χ1n) is 9.37. The van der Waals surface area contributed by atoms with Gasteiger partial charge in [0.2, 0.25) is 0 Å². The second-order valence-corrected chi connectivity index (χ2v) is 6.78. The van der Waals surface area contributed by atoms with Crippen LogP contribution in [0, 0.1) is 0 Å². The standard InChI is InChI=1S/C23H24N2O3/c1-26-21-8-4-3-6-18(21)15-25-10-11-28-23-20(16-25)12-19(13-22(23)27-2)17-7-5-9-24-14-17/h3-9,12-14H,10-11,15-16H2,1-2H3. The van der Waals surface area contributed by atoms with Gasteiger partial charge in [-0.3, -0.25) is 9.88 Å². The molecule has 0 aliphatic carbocycles. The summed E-state index contributed by atoms with van der Waals surface area (Å²) in [6.45, 7) is 3.02. The molecule has 1 aromatic heterocycles. The molecule has 2 heterocycles. The summed E-state index contributed by atoms with van der Waals surface area (Å²) < 4.78 is 17.2. The first-order chi connectivity index (χ1) is 13.8. The van der Waals surface area contributed by atoms with Crippen molar-refractivity contribution in [3.05, 3.63) is 72.1 Å². The lowest BCUT2D eigenvalue weighted by Crippen LogP contribution is -2.25. The van der Waals surface area contributed by atoms with Gasteiger partial charge in [0.05, 0.1) is 14.2 Å². The van der Waals surface area contributed by atoms with Crippen molar-refractivity contribution in [1.82, 2.24) is 9.88 Å². The van der Waals surface area contributed by atoms with Gasteiger partial charge < -0.3 is 14.2 Å². The molecule has 5 heteroatoms. The highest BCUT2D eigenvalue weighted by molar-refractivity contribution is 5.68. The Kier molecular flexibility index (Phi) is 5.44. The van der Waals surface area contributed by atoms with E-state index >= 15 is 0 Å². The van der Waals surface area contributed by atoms with Crippen LogP contribution in [0.5, 0.6) is 17.2 Å². The van der Waals surface area contributed by atoms with E-state index in [4.69, 9.17) is 14.2 Å². The van der Waals surface area contributed by atoms with E-state index in [1.807, 2.05) is 36.5 Å². The molecular formula is C23H24N2O3.